The minimum Gasteiger partial charge on any atom is -0.329 e. The van der Waals surface area contributed by atoms with E-state index < -0.39 is 10.0 Å². The van der Waals surface area contributed by atoms with E-state index in [1.807, 2.05) is 0 Å². The van der Waals surface area contributed by atoms with Crippen molar-refractivity contribution in [1.82, 2.24) is 19.4 Å². The molecule has 2 heterocycles. The molecule has 1 aromatic rings. The second-order valence-electron chi connectivity index (χ2n) is 4.88. The fraction of sp³-hybridized carbons (Fsp3) is 0.727. The maximum absolute atomic E-state index is 12.4. The molecule has 1 atom stereocenters. The van der Waals surface area contributed by atoms with E-state index in [-0.39, 0.29) is 4.90 Å². The second-order valence-corrected chi connectivity index (χ2v) is 6.79. The van der Waals surface area contributed by atoms with Gasteiger partial charge in [-0.3, -0.25) is 10.00 Å². The van der Waals surface area contributed by atoms with Crippen LogP contribution in [0.1, 0.15) is 12.6 Å². The summed E-state index contributed by atoms with van der Waals surface area (Å²) in [6.07, 6.45) is 1.37. The maximum atomic E-state index is 12.4. The molecule has 108 valence electrons. The first-order valence-electron chi connectivity index (χ1n) is 6.41. The number of hydrogen-bond acceptors (Lipinski definition) is 5. The predicted octanol–water partition coefficient (Wildman–Crippen LogP) is -0.628. The Morgan fingerprint density at radius 3 is 2.53 bits per heavy atom. The number of hydrogen-bond donors (Lipinski definition) is 2. The van der Waals surface area contributed by atoms with Crippen molar-refractivity contribution in [2.24, 2.45) is 5.73 Å². The van der Waals surface area contributed by atoms with Crippen LogP contribution in [0.5, 0.6) is 0 Å². The number of aromatic nitrogens is 2. The molecule has 1 fully saturated rings. The molecule has 0 radical (unpaired) electrons. The smallest absolute Gasteiger partial charge is 0.246 e. The first-order chi connectivity index (χ1) is 8.96. The Kier molecular flexibility index (Phi) is 4.24. The number of nitrogens with zero attached hydrogens (tertiary/aromatic N) is 3. The van der Waals surface area contributed by atoms with Gasteiger partial charge >= 0.3 is 0 Å². The third kappa shape index (κ3) is 2.81. The van der Waals surface area contributed by atoms with Crippen molar-refractivity contribution in [3.8, 4) is 0 Å². The van der Waals surface area contributed by atoms with Gasteiger partial charge in [0.25, 0.3) is 0 Å². The molecule has 0 aromatic carbocycles. The summed E-state index contributed by atoms with van der Waals surface area (Å²) >= 11 is 0. The van der Waals surface area contributed by atoms with E-state index in [1.54, 1.807) is 6.92 Å². The molecule has 19 heavy (non-hydrogen) atoms. The van der Waals surface area contributed by atoms with Crippen LogP contribution in [0.3, 0.4) is 0 Å². The molecule has 0 amide bonds. The topological polar surface area (TPSA) is 95.3 Å². The molecule has 0 saturated carbocycles. The molecule has 1 aliphatic heterocycles. The Balaban J connectivity index is 2.08. The van der Waals surface area contributed by atoms with E-state index >= 15 is 0 Å². The van der Waals surface area contributed by atoms with E-state index in [0.717, 1.165) is 0 Å². The lowest BCUT2D eigenvalue weighted by molar-refractivity contribution is 0.149. The van der Waals surface area contributed by atoms with Crippen LogP contribution in [0.15, 0.2) is 11.1 Å². The van der Waals surface area contributed by atoms with E-state index in [1.165, 1.54) is 10.5 Å². The van der Waals surface area contributed by atoms with Crippen LogP contribution in [0.25, 0.3) is 0 Å². The third-order valence-corrected chi connectivity index (χ3v) is 5.65. The number of aromatic amines is 1. The van der Waals surface area contributed by atoms with E-state index in [2.05, 4.69) is 22.0 Å². The molecule has 2 rings (SSSR count). The first kappa shape index (κ1) is 14.4. The number of nitrogens with two attached hydrogens (primary N) is 1. The lowest BCUT2D eigenvalue weighted by Crippen LogP contribution is -2.52. The van der Waals surface area contributed by atoms with Crippen molar-refractivity contribution in [1.29, 1.82) is 0 Å². The normalized spacial score (nSPS) is 20.6. The summed E-state index contributed by atoms with van der Waals surface area (Å²) in [4.78, 5) is 2.49. The number of H-pyrrole nitrogens is 1. The van der Waals surface area contributed by atoms with E-state index in [0.29, 0.717) is 44.5 Å². The minimum atomic E-state index is -3.42. The van der Waals surface area contributed by atoms with Gasteiger partial charge in [-0.1, -0.05) is 0 Å². The summed E-state index contributed by atoms with van der Waals surface area (Å²) in [7, 11) is -3.42. The molecule has 1 saturated heterocycles. The molecule has 3 N–H and O–H groups in total. The highest BCUT2D eigenvalue weighted by Crippen LogP contribution is 2.19. The summed E-state index contributed by atoms with van der Waals surface area (Å²) in [6.45, 7) is 6.79. The lowest BCUT2D eigenvalue weighted by atomic mass is 10.2. The van der Waals surface area contributed by atoms with E-state index in [4.69, 9.17) is 5.73 Å². The second kappa shape index (κ2) is 5.58. The van der Waals surface area contributed by atoms with Gasteiger partial charge < -0.3 is 5.73 Å². The van der Waals surface area contributed by atoms with Crippen molar-refractivity contribution in [2.75, 3.05) is 32.7 Å². The fourth-order valence-corrected chi connectivity index (χ4v) is 3.81. The average Bonchev–Trinajstić information content (AvgIpc) is 2.85. The van der Waals surface area contributed by atoms with Crippen molar-refractivity contribution < 1.29 is 8.42 Å². The predicted molar refractivity (Wildman–Crippen MR) is 72.2 cm³/mol. The molecule has 0 spiro atoms. The van der Waals surface area contributed by atoms with Crippen molar-refractivity contribution >= 4 is 10.0 Å². The number of piperazine rings is 1. The van der Waals surface area contributed by atoms with Crippen LogP contribution in [0.2, 0.25) is 0 Å². The van der Waals surface area contributed by atoms with Crippen LogP contribution >= 0.6 is 0 Å². The Labute approximate surface area is 113 Å². The largest absolute Gasteiger partial charge is 0.329 e. The van der Waals surface area contributed by atoms with Crippen LogP contribution in [-0.2, 0) is 10.0 Å². The molecule has 1 unspecified atom stereocenters. The fourth-order valence-electron chi connectivity index (χ4n) is 2.27. The first-order valence-corrected chi connectivity index (χ1v) is 7.85. The van der Waals surface area contributed by atoms with Gasteiger partial charge in [0.2, 0.25) is 10.0 Å². The monoisotopic (exact) mass is 287 g/mol. The maximum Gasteiger partial charge on any atom is 0.246 e. The van der Waals surface area contributed by atoms with Gasteiger partial charge in [0.1, 0.15) is 4.90 Å². The summed E-state index contributed by atoms with van der Waals surface area (Å²) in [6, 6.07) is 0.292. The number of rotatable bonds is 4. The molecule has 1 aliphatic rings. The molecule has 0 aliphatic carbocycles. The molecule has 8 heteroatoms. The SMILES string of the molecule is Cc1[nH]ncc1S(=O)(=O)N1CCN(C(C)CN)CC1. The molecule has 1 aromatic heterocycles. The quantitative estimate of drug-likeness (QED) is 0.769. The van der Waals surface area contributed by atoms with Gasteiger partial charge in [0.05, 0.1) is 11.9 Å². The number of sulfonamides is 1. The van der Waals surface area contributed by atoms with Crippen molar-refractivity contribution in [3.05, 3.63) is 11.9 Å². The molecule has 0 bridgehead atoms. The third-order valence-electron chi connectivity index (χ3n) is 3.64. The Hall–Kier alpha value is -0.960. The zero-order valence-electron chi connectivity index (χ0n) is 11.3. The minimum absolute atomic E-state index is 0.271. The highest BCUT2D eigenvalue weighted by molar-refractivity contribution is 7.89. The zero-order chi connectivity index (χ0) is 14.0. The van der Waals surface area contributed by atoms with Gasteiger partial charge in [0.15, 0.2) is 0 Å². The van der Waals surface area contributed by atoms with Crippen LogP contribution in [0, 0.1) is 6.92 Å². The van der Waals surface area contributed by atoms with Crippen molar-refractivity contribution in [2.45, 2.75) is 24.8 Å². The Morgan fingerprint density at radius 1 is 1.42 bits per heavy atom. The summed E-state index contributed by atoms with van der Waals surface area (Å²) in [5.74, 6) is 0. The summed E-state index contributed by atoms with van der Waals surface area (Å²) < 4.78 is 26.4. The van der Waals surface area contributed by atoms with Crippen LogP contribution < -0.4 is 5.73 Å². The lowest BCUT2D eigenvalue weighted by Gasteiger charge is -2.36. The highest BCUT2D eigenvalue weighted by Gasteiger charge is 2.31. The Morgan fingerprint density at radius 2 is 2.05 bits per heavy atom. The number of aryl methyl sites for hydroxylation is 1. The van der Waals surface area contributed by atoms with Gasteiger partial charge in [-0.25, -0.2) is 8.42 Å². The van der Waals surface area contributed by atoms with E-state index in [9.17, 15) is 8.42 Å². The van der Waals surface area contributed by atoms with Crippen molar-refractivity contribution in [3.63, 3.8) is 0 Å². The van der Waals surface area contributed by atoms with Gasteiger partial charge in [-0.05, 0) is 13.8 Å². The van der Waals surface area contributed by atoms with Gasteiger partial charge in [-0.15, -0.1) is 0 Å². The molecule has 7 nitrogen and oxygen atoms in total. The zero-order valence-corrected chi connectivity index (χ0v) is 12.2. The Bertz CT molecular complexity index is 519. The van der Waals surface area contributed by atoms with Crippen LogP contribution in [0.4, 0.5) is 0 Å². The summed E-state index contributed by atoms with van der Waals surface area (Å²) in [5, 5.41) is 6.45. The average molecular weight is 287 g/mol. The highest BCUT2D eigenvalue weighted by atomic mass is 32.2. The van der Waals surface area contributed by atoms with Crippen LogP contribution in [-0.4, -0.2) is 66.6 Å². The molecular formula is C11H21N5O2S. The van der Waals surface area contributed by atoms with Gasteiger partial charge in [-0.2, -0.15) is 9.40 Å². The summed E-state index contributed by atoms with van der Waals surface area (Å²) in [5.41, 5.74) is 6.22. The standard InChI is InChI=1S/C11H21N5O2S/c1-9(7-12)15-3-5-16(6-4-15)19(17,18)11-8-13-14-10(11)2/h8-9H,3-7,12H2,1-2H3,(H,13,14). The van der Waals surface area contributed by atoms with Gasteiger partial charge in [0, 0.05) is 38.8 Å². The molecular weight excluding hydrogens is 266 g/mol. The number of nitrogens with one attached hydrogen (secondary N) is 1.